The molecule has 1 aromatic heterocycles. The molecular formula is C20H18BrN3O3. The molecule has 2 amide bonds. The number of nitrogens with zero attached hydrogens (tertiary/aromatic N) is 1. The Kier molecular flexibility index (Phi) is 5.71. The Morgan fingerprint density at radius 1 is 1.11 bits per heavy atom. The third-order valence-corrected chi connectivity index (χ3v) is 4.50. The summed E-state index contributed by atoms with van der Waals surface area (Å²) in [6, 6.07) is 14.8. The molecule has 3 rings (SSSR count). The van der Waals surface area contributed by atoms with Gasteiger partial charge in [0.15, 0.2) is 0 Å². The minimum absolute atomic E-state index is 0.160. The Morgan fingerprint density at radius 3 is 2.56 bits per heavy atom. The van der Waals surface area contributed by atoms with E-state index in [-0.39, 0.29) is 12.5 Å². The predicted octanol–water partition coefficient (Wildman–Crippen LogP) is 4.09. The van der Waals surface area contributed by atoms with Crippen molar-refractivity contribution in [2.75, 3.05) is 11.9 Å². The Hall–Kier alpha value is -2.93. The van der Waals surface area contributed by atoms with Gasteiger partial charge in [-0.05, 0) is 37.6 Å². The molecule has 0 fully saturated rings. The first-order chi connectivity index (χ1) is 13.0. The number of rotatable bonds is 5. The largest absolute Gasteiger partial charge is 0.360 e. The first-order valence-electron chi connectivity index (χ1n) is 8.31. The maximum absolute atomic E-state index is 12.6. The summed E-state index contributed by atoms with van der Waals surface area (Å²) < 4.78 is 6.12. The molecule has 0 saturated heterocycles. The van der Waals surface area contributed by atoms with Gasteiger partial charge < -0.3 is 15.2 Å². The van der Waals surface area contributed by atoms with Crippen LogP contribution in [-0.2, 0) is 4.79 Å². The Labute approximate surface area is 165 Å². The van der Waals surface area contributed by atoms with Crippen LogP contribution in [0.25, 0.3) is 11.3 Å². The molecule has 2 aromatic carbocycles. The van der Waals surface area contributed by atoms with Crippen molar-refractivity contribution in [2.45, 2.75) is 13.8 Å². The molecule has 0 unspecified atom stereocenters. The van der Waals surface area contributed by atoms with Crippen LogP contribution < -0.4 is 10.6 Å². The number of hydrogen-bond acceptors (Lipinski definition) is 4. The molecule has 0 spiro atoms. The molecule has 0 atom stereocenters. The molecule has 6 nitrogen and oxygen atoms in total. The predicted molar refractivity (Wildman–Crippen MR) is 107 cm³/mol. The van der Waals surface area contributed by atoms with Gasteiger partial charge in [-0.2, -0.15) is 0 Å². The fourth-order valence-corrected chi connectivity index (χ4v) is 3.12. The molecule has 0 saturated carbocycles. The van der Waals surface area contributed by atoms with Crippen LogP contribution in [0.2, 0.25) is 0 Å². The lowest BCUT2D eigenvalue weighted by Gasteiger charge is -2.10. The van der Waals surface area contributed by atoms with Crippen LogP contribution in [0.4, 0.5) is 5.69 Å². The van der Waals surface area contributed by atoms with Crippen molar-refractivity contribution in [1.29, 1.82) is 0 Å². The highest BCUT2D eigenvalue weighted by Crippen LogP contribution is 2.25. The summed E-state index contributed by atoms with van der Waals surface area (Å²) in [5.41, 5.74) is 3.17. The number of carbonyl (C=O) groups is 2. The fraction of sp³-hybridized carbons (Fsp3) is 0.150. The highest BCUT2D eigenvalue weighted by Gasteiger charge is 2.21. The maximum Gasteiger partial charge on any atom is 0.257 e. The molecule has 27 heavy (non-hydrogen) atoms. The van der Waals surface area contributed by atoms with Crippen molar-refractivity contribution < 1.29 is 14.1 Å². The second-order valence-electron chi connectivity index (χ2n) is 6.02. The zero-order valence-corrected chi connectivity index (χ0v) is 16.5. The lowest BCUT2D eigenvalue weighted by Crippen LogP contribution is -2.33. The van der Waals surface area contributed by atoms with Gasteiger partial charge in [-0.15, -0.1) is 0 Å². The minimum Gasteiger partial charge on any atom is -0.360 e. The third-order valence-electron chi connectivity index (χ3n) is 4.01. The summed E-state index contributed by atoms with van der Waals surface area (Å²) >= 11 is 3.38. The number of benzene rings is 2. The van der Waals surface area contributed by atoms with Gasteiger partial charge in [-0.25, -0.2) is 0 Å². The van der Waals surface area contributed by atoms with E-state index in [1.807, 2.05) is 49.4 Å². The van der Waals surface area contributed by atoms with Gasteiger partial charge in [-0.1, -0.05) is 51.4 Å². The van der Waals surface area contributed by atoms with E-state index in [2.05, 4.69) is 31.7 Å². The number of halogens is 1. The van der Waals surface area contributed by atoms with Gasteiger partial charge in [-0.3, -0.25) is 9.59 Å². The van der Waals surface area contributed by atoms with Gasteiger partial charge in [0, 0.05) is 15.7 Å². The normalized spacial score (nSPS) is 10.5. The molecule has 0 aliphatic carbocycles. The standard InChI is InChI=1S/C20H18BrN3O3/c1-12-10-15(21)8-9-16(12)23-17(25)11-22-20(26)18-13(2)27-24-19(18)14-6-4-3-5-7-14/h3-10H,11H2,1-2H3,(H,22,26)(H,23,25). The summed E-state index contributed by atoms with van der Waals surface area (Å²) in [6.45, 7) is 3.40. The van der Waals surface area contributed by atoms with E-state index in [0.29, 0.717) is 22.7 Å². The van der Waals surface area contributed by atoms with Crippen molar-refractivity contribution in [3.05, 3.63) is 69.9 Å². The Bertz CT molecular complexity index is 983. The average Bonchev–Trinajstić information content (AvgIpc) is 3.04. The van der Waals surface area contributed by atoms with Crippen LogP contribution in [0.5, 0.6) is 0 Å². The zero-order valence-electron chi connectivity index (χ0n) is 14.9. The van der Waals surface area contributed by atoms with Gasteiger partial charge in [0.1, 0.15) is 17.0 Å². The highest BCUT2D eigenvalue weighted by atomic mass is 79.9. The average molecular weight is 428 g/mol. The first-order valence-corrected chi connectivity index (χ1v) is 9.11. The molecule has 1 heterocycles. The molecule has 0 radical (unpaired) electrons. The summed E-state index contributed by atoms with van der Waals surface area (Å²) in [7, 11) is 0. The smallest absolute Gasteiger partial charge is 0.257 e. The van der Waals surface area contributed by atoms with Crippen LogP contribution >= 0.6 is 15.9 Å². The summed E-state index contributed by atoms with van der Waals surface area (Å²) in [5.74, 6) is -0.324. The SMILES string of the molecule is Cc1cc(Br)ccc1NC(=O)CNC(=O)c1c(-c2ccccc2)noc1C. The van der Waals surface area contributed by atoms with Crippen molar-refractivity contribution in [1.82, 2.24) is 10.5 Å². The Balaban J connectivity index is 1.68. The van der Waals surface area contributed by atoms with E-state index in [1.165, 1.54) is 0 Å². The number of amides is 2. The molecule has 3 aromatic rings. The fourth-order valence-electron chi connectivity index (χ4n) is 2.64. The van der Waals surface area contributed by atoms with Gasteiger partial charge in [0.2, 0.25) is 5.91 Å². The van der Waals surface area contributed by atoms with E-state index in [0.717, 1.165) is 15.6 Å². The molecule has 0 aliphatic rings. The van der Waals surface area contributed by atoms with Crippen LogP contribution in [-0.4, -0.2) is 23.5 Å². The van der Waals surface area contributed by atoms with E-state index < -0.39 is 5.91 Å². The van der Waals surface area contributed by atoms with Gasteiger partial charge in [0.25, 0.3) is 5.91 Å². The van der Waals surface area contributed by atoms with Gasteiger partial charge >= 0.3 is 0 Å². The number of aromatic nitrogens is 1. The van der Waals surface area contributed by atoms with Crippen LogP contribution in [0.1, 0.15) is 21.7 Å². The van der Waals surface area contributed by atoms with Crippen molar-refractivity contribution >= 4 is 33.4 Å². The van der Waals surface area contributed by atoms with E-state index in [9.17, 15) is 9.59 Å². The first kappa shape index (κ1) is 18.8. The van der Waals surface area contributed by atoms with E-state index >= 15 is 0 Å². The number of aryl methyl sites for hydroxylation is 2. The minimum atomic E-state index is -0.407. The molecule has 0 aliphatic heterocycles. The van der Waals surface area contributed by atoms with Crippen LogP contribution in [0.15, 0.2) is 57.5 Å². The third kappa shape index (κ3) is 4.43. The molecular weight excluding hydrogens is 410 g/mol. The van der Waals surface area contributed by atoms with Crippen LogP contribution in [0, 0.1) is 13.8 Å². The molecule has 138 valence electrons. The van der Waals surface area contributed by atoms with Crippen molar-refractivity contribution in [2.24, 2.45) is 0 Å². The summed E-state index contributed by atoms with van der Waals surface area (Å²) in [6.07, 6.45) is 0. The van der Waals surface area contributed by atoms with Crippen molar-refractivity contribution in [3.8, 4) is 11.3 Å². The van der Waals surface area contributed by atoms with Crippen molar-refractivity contribution in [3.63, 3.8) is 0 Å². The molecule has 2 N–H and O–H groups in total. The monoisotopic (exact) mass is 427 g/mol. The van der Waals surface area contributed by atoms with E-state index in [1.54, 1.807) is 13.0 Å². The number of hydrogen-bond donors (Lipinski definition) is 2. The maximum atomic E-state index is 12.6. The topological polar surface area (TPSA) is 84.2 Å². The molecule has 7 heteroatoms. The zero-order chi connectivity index (χ0) is 19.4. The highest BCUT2D eigenvalue weighted by molar-refractivity contribution is 9.10. The van der Waals surface area contributed by atoms with Crippen LogP contribution in [0.3, 0.4) is 0 Å². The van der Waals surface area contributed by atoms with Gasteiger partial charge in [0.05, 0.1) is 6.54 Å². The Morgan fingerprint density at radius 2 is 1.85 bits per heavy atom. The number of anilines is 1. The lowest BCUT2D eigenvalue weighted by atomic mass is 10.1. The van der Waals surface area contributed by atoms with E-state index in [4.69, 9.17) is 4.52 Å². The summed E-state index contributed by atoms with van der Waals surface area (Å²) in [4.78, 5) is 24.8. The number of carbonyl (C=O) groups excluding carboxylic acids is 2. The lowest BCUT2D eigenvalue weighted by molar-refractivity contribution is -0.115. The molecule has 0 bridgehead atoms. The quantitative estimate of drug-likeness (QED) is 0.641. The summed E-state index contributed by atoms with van der Waals surface area (Å²) in [5, 5.41) is 9.39. The second-order valence-corrected chi connectivity index (χ2v) is 6.93. The second kappa shape index (κ2) is 8.18. The number of nitrogens with one attached hydrogen (secondary N) is 2.